The van der Waals surface area contributed by atoms with E-state index in [0.717, 1.165) is 43.8 Å². The number of nitrogens with one attached hydrogen (secondary N) is 1. The third kappa shape index (κ3) is 2.48. The van der Waals surface area contributed by atoms with Gasteiger partial charge in [0.1, 0.15) is 0 Å². The van der Waals surface area contributed by atoms with Gasteiger partial charge in [0, 0.05) is 23.0 Å². The fourth-order valence-corrected chi connectivity index (χ4v) is 3.01. The Morgan fingerprint density at radius 1 is 1.28 bits per heavy atom. The molecule has 1 unspecified atom stereocenters. The molecule has 0 spiro atoms. The maximum atomic E-state index is 5.83. The molecule has 1 aromatic rings. The predicted octanol–water partition coefficient (Wildman–Crippen LogP) is 2.10. The van der Waals surface area contributed by atoms with Gasteiger partial charge in [-0.1, -0.05) is 28.1 Å². The average Bonchev–Trinajstić information content (AvgIpc) is 2.36. The van der Waals surface area contributed by atoms with Gasteiger partial charge in [-0.05, 0) is 24.1 Å². The van der Waals surface area contributed by atoms with Crippen molar-refractivity contribution in [2.24, 2.45) is 0 Å². The molecule has 2 aliphatic heterocycles. The first-order valence-electron chi connectivity index (χ1n) is 6.45. The van der Waals surface area contributed by atoms with E-state index in [1.807, 2.05) is 0 Å². The van der Waals surface area contributed by atoms with Crippen LogP contribution in [0.25, 0.3) is 0 Å². The van der Waals surface area contributed by atoms with Crippen molar-refractivity contribution in [3.05, 3.63) is 34.3 Å². The van der Waals surface area contributed by atoms with Gasteiger partial charge in [0.05, 0.1) is 25.9 Å². The standard InChI is InChI=1S/C14H18BrNO2/c15-12-3-1-11(2-4-12)14(9-17-10-14)7-13-8-16-5-6-18-13/h1-4,13,16H,5-10H2. The molecule has 98 valence electrons. The molecule has 2 fully saturated rings. The summed E-state index contributed by atoms with van der Waals surface area (Å²) >= 11 is 3.48. The van der Waals surface area contributed by atoms with Gasteiger partial charge in [0.15, 0.2) is 0 Å². The molecule has 2 saturated heterocycles. The minimum atomic E-state index is 0.157. The van der Waals surface area contributed by atoms with Crippen molar-refractivity contribution in [1.82, 2.24) is 5.32 Å². The van der Waals surface area contributed by atoms with Crippen molar-refractivity contribution in [2.75, 3.05) is 32.9 Å². The molecule has 18 heavy (non-hydrogen) atoms. The van der Waals surface area contributed by atoms with Crippen LogP contribution in [0.3, 0.4) is 0 Å². The van der Waals surface area contributed by atoms with Crippen LogP contribution < -0.4 is 5.32 Å². The van der Waals surface area contributed by atoms with Crippen molar-refractivity contribution in [3.8, 4) is 0 Å². The Bertz CT molecular complexity index is 397. The summed E-state index contributed by atoms with van der Waals surface area (Å²) in [5.41, 5.74) is 1.52. The summed E-state index contributed by atoms with van der Waals surface area (Å²) in [6.07, 6.45) is 1.35. The molecular weight excluding hydrogens is 294 g/mol. The van der Waals surface area contributed by atoms with Gasteiger partial charge in [-0.3, -0.25) is 0 Å². The van der Waals surface area contributed by atoms with Crippen LogP contribution in [-0.2, 0) is 14.9 Å². The fourth-order valence-electron chi connectivity index (χ4n) is 2.74. The number of halogens is 1. The fraction of sp³-hybridized carbons (Fsp3) is 0.571. The van der Waals surface area contributed by atoms with Crippen LogP contribution in [0.5, 0.6) is 0 Å². The number of morpholine rings is 1. The monoisotopic (exact) mass is 311 g/mol. The van der Waals surface area contributed by atoms with Gasteiger partial charge in [0.25, 0.3) is 0 Å². The second kappa shape index (κ2) is 5.29. The van der Waals surface area contributed by atoms with E-state index >= 15 is 0 Å². The van der Waals surface area contributed by atoms with Gasteiger partial charge >= 0.3 is 0 Å². The summed E-state index contributed by atoms with van der Waals surface area (Å²) in [7, 11) is 0. The van der Waals surface area contributed by atoms with Gasteiger partial charge in [-0.15, -0.1) is 0 Å². The number of ether oxygens (including phenoxy) is 2. The summed E-state index contributed by atoms with van der Waals surface area (Å²) in [5.74, 6) is 0. The van der Waals surface area contributed by atoms with Crippen LogP contribution in [0.4, 0.5) is 0 Å². The van der Waals surface area contributed by atoms with E-state index in [-0.39, 0.29) is 5.41 Å². The van der Waals surface area contributed by atoms with Gasteiger partial charge in [-0.25, -0.2) is 0 Å². The highest BCUT2D eigenvalue weighted by Crippen LogP contribution is 2.38. The third-order valence-electron chi connectivity index (χ3n) is 3.84. The van der Waals surface area contributed by atoms with E-state index in [4.69, 9.17) is 9.47 Å². The Hall–Kier alpha value is -0.420. The topological polar surface area (TPSA) is 30.5 Å². The van der Waals surface area contributed by atoms with Crippen molar-refractivity contribution in [2.45, 2.75) is 17.9 Å². The second-order valence-corrected chi connectivity index (χ2v) is 6.10. The zero-order valence-electron chi connectivity index (χ0n) is 10.3. The first-order valence-corrected chi connectivity index (χ1v) is 7.24. The molecule has 1 atom stereocenters. The smallest absolute Gasteiger partial charge is 0.0710 e. The minimum Gasteiger partial charge on any atom is -0.379 e. The lowest BCUT2D eigenvalue weighted by atomic mass is 9.74. The summed E-state index contributed by atoms with van der Waals surface area (Å²) < 4.78 is 12.4. The maximum absolute atomic E-state index is 5.83. The van der Waals surface area contributed by atoms with Gasteiger partial charge < -0.3 is 14.8 Å². The zero-order valence-corrected chi connectivity index (χ0v) is 11.9. The van der Waals surface area contributed by atoms with Crippen molar-refractivity contribution in [3.63, 3.8) is 0 Å². The van der Waals surface area contributed by atoms with E-state index in [0.29, 0.717) is 6.10 Å². The first kappa shape index (κ1) is 12.6. The van der Waals surface area contributed by atoms with Crippen LogP contribution in [0, 0.1) is 0 Å². The zero-order chi connectivity index (χ0) is 12.4. The Kier molecular flexibility index (Phi) is 3.71. The largest absolute Gasteiger partial charge is 0.379 e. The van der Waals surface area contributed by atoms with E-state index in [1.54, 1.807) is 0 Å². The molecule has 0 saturated carbocycles. The van der Waals surface area contributed by atoms with Crippen LogP contribution in [0.15, 0.2) is 28.7 Å². The van der Waals surface area contributed by atoms with Crippen LogP contribution in [0.1, 0.15) is 12.0 Å². The summed E-state index contributed by atoms with van der Waals surface area (Å²) in [6, 6.07) is 8.61. The lowest BCUT2D eigenvalue weighted by molar-refractivity contribution is -0.0942. The van der Waals surface area contributed by atoms with Crippen molar-refractivity contribution >= 4 is 15.9 Å². The van der Waals surface area contributed by atoms with E-state index in [2.05, 4.69) is 45.5 Å². The highest BCUT2D eigenvalue weighted by Gasteiger charge is 2.42. The molecule has 1 aromatic carbocycles. The average molecular weight is 312 g/mol. The van der Waals surface area contributed by atoms with Crippen molar-refractivity contribution in [1.29, 1.82) is 0 Å². The van der Waals surface area contributed by atoms with E-state index in [9.17, 15) is 0 Å². The molecule has 0 amide bonds. The summed E-state index contributed by atoms with van der Waals surface area (Å²) in [6.45, 7) is 4.38. The first-order chi connectivity index (χ1) is 8.78. The lowest BCUT2D eigenvalue weighted by Gasteiger charge is -2.44. The minimum absolute atomic E-state index is 0.157. The normalized spacial score (nSPS) is 26.6. The molecule has 0 radical (unpaired) electrons. The summed E-state index contributed by atoms with van der Waals surface area (Å²) in [4.78, 5) is 0. The number of benzene rings is 1. The van der Waals surface area contributed by atoms with Gasteiger partial charge in [-0.2, -0.15) is 0 Å². The third-order valence-corrected chi connectivity index (χ3v) is 4.36. The molecule has 0 bridgehead atoms. The quantitative estimate of drug-likeness (QED) is 0.927. The van der Waals surface area contributed by atoms with E-state index in [1.165, 1.54) is 5.56 Å². The molecule has 0 aliphatic carbocycles. The number of rotatable bonds is 3. The lowest BCUT2D eigenvalue weighted by Crippen LogP contribution is -2.52. The van der Waals surface area contributed by atoms with Crippen molar-refractivity contribution < 1.29 is 9.47 Å². The molecule has 2 aliphatic rings. The molecule has 1 N–H and O–H groups in total. The molecular formula is C14H18BrNO2. The second-order valence-electron chi connectivity index (χ2n) is 5.18. The predicted molar refractivity (Wildman–Crippen MR) is 73.9 cm³/mol. The SMILES string of the molecule is Brc1ccc(C2(CC3CNCCO3)COC2)cc1. The molecule has 3 rings (SSSR count). The Balaban J connectivity index is 1.74. The summed E-state index contributed by atoms with van der Waals surface area (Å²) in [5, 5.41) is 3.39. The molecule has 4 heteroatoms. The molecule has 2 heterocycles. The number of hydrogen-bond acceptors (Lipinski definition) is 3. The van der Waals surface area contributed by atoms with Crippen LogP contribution >= 0.6 is 15.9 Å². The van der Waals surface area contributed by atoms with Crippen LogP contribution in [0.2, 0.25) is 0 Å². The van der Waals surface area contributed by atoms with Crippen LogP contribution in [-0.4, -0.2) is 39.0 Å². The molecule has 3 nitrogen and oxygen atoms in total. The highest BCUT2D eigenvalue weighted by atomic mass is 79.9. The van der Waals surface area contributed by atoms with E-state index < -0.39 is 0 Å². The molecule has 0 aromatic heterocycles. The Morgan fingerprint density at radius 2 is 2.06 bits per heavy atom. The maximum Gasteiger partial charge on any atom is 0.0710 e. The van der Waals surface area contributed by atoms with Gasteiger partial charge in [0.2, 0.25) is 0 Å². The Morgan fingerprint density at radius 3 is 2.61 bits per heavy atom. The highest BCUT2D eigenvalue weighted by molar-refractivity contribution is 9.10. The number of hydrogen-bond donors (Lipinski definition) is 1. The Labute approximate surface area is 116 Å².